The van der Waals surface area contributed by atoms with Crippen molar-refractivity contribution >= 4 is 44.4 Å². The molecule has 162 valence electrons. The molecule has 4 N–H and O–H groups in total. The summed E-state index contributed by atoms with van der Waals surface area (Å²) in [5.74, 6) is 1.46. The molecule has 0 saturated heterocycles. The molecule has 0 aliphatic heterocycles. The Balaban J connectivity index is 1.78. The number of benzene rings is 1. The van der Waals surface area contributed by atoms with Gasteiger partial charge in [0.1, 0.15) is 4.70 Å². The summed E-state index contributed by atoms with van der Waals surface area (Å²) in [5.41, 5.74) is 1.82. The van der Waals surface area contributed by atoms with Crippen molar-refractivity contribution < 1.29 is 14.9 Å². The predicted octanol–water partition coefficient (Wildman–Crippen LogP) is 2.98. The molecule has 0 spiro atoms. The van der Waals surface area contributed by atoms with Gasteiger partial charge in [0.15, 0.2) is 21.8 Å². The smallest absolute Gasteiger partial charge is 0.191 e. The Hall–Kier alpha value is -1.98. The fourth-order valence-corrected chi connectivity index (χ4v) is 4.31. The third kappa shape index (κ3) is 6.51. The molecule has 3 aromatic rings. The molecule has 0 aliphatic carbocycles. The Morgan fingerprint density at radius 3 is 2.70 bits per heavy atom. The second kappa shape index (κ2) is 12.0. The van der Waals surface area contributed by atoms with Crippen LogP contribution in [0.2, 0.25) is 0 Å². The van der Waals surface area contributed by atoms with E-state index in [1.807, 2.05) is 25.1 Å². The standard InChI is InChI=1S/C20H27N5O3S2/c1-2-15(12-27)22-17-16-18(23-19(30-16)21-8-10-28-11-9-26)25-20(24-17)29-13-14-6-4-3-5-7-14/h3-7,15,26-27H,2,8-13H2,1H3,(H2,21,22,23,24,25). The maximum absolute atomic E-state index is 9.61. The molecule has 0 bridgehead atoms. The number of aliphatic hydroxyl groups is 2. The van der Waals surface area contributed by atoms with E-state index >= 15 is 0 Å². The molecule has 1 atom stereocenters. The molecular formula is C20H27N5O3S2. The minimum Gasteiger partial charge on any atom is -0.394 e. The van der Waals surface area contributed by atoms with Crippen molar-refractivity contribution in [1.82, 2.24) is 15.0 Å². The number of thioether (sulfide) groups is 1. The van der Waals surface area contributed by atoms with Crippen molar-refractivity contribution in [3.8, 4) is 0 Å². The summed E-state index contributed by atoms with van der Waals surface area (Å²) >= 11 is 3.03. The minimum absolute atomic E-state index is 0.0125. The van der Waals surface area contributed by atoms with Crippen LogP contribution in [0.3, 0.4) is 0 Å². The van der Waals surface area contributed by atoms with E-state index < -0.39 is 0 Å². The first-order valence-electron chi connectivity index (χ1n) is 9.88. The van der Waals surface area contributed by atoms with Crippen LogP contribution in [-0.4, -0.2) is 64.2 Å². The number of rotatable bonds is 13. The van der Waals surface area contributed by atoms with Crippen LogP contribution in [0.4, 0.5) is 10.9 Å². The van der Waals surface area contributed by atoms with E-state index in [9.17, 15) is 5.11 Å². The van der Waals surface area contributed by atoms with Crippen molar-refractivity contribution in [2.75, 3.05) is 43.6 Å². The van der Waals surface area contributed by atoms with E-state index in [1.165, 1.54) is 16.9 Å². The first kappa shape index (κ1) is 22.7. The molecule has 0 aliphatic rings. The van der Waals surface area contributed by atoms with Gasteiger partial charge in [0, 0.05) is 12.3 Å². The van der Waals surface area contributed by atoms with Gasteiger partial charge in [0.05, 0.1) is 32.5 Å². The van der Waals surface area contributed by atoms with Gasteiger partial charge in [-0.2, -0.15) is 4.98 Å². The molecule has 2 aromatic heterocycles. The van der Waals surface area contributed by atoms with E-state index in [1.54, 1.807) is 11.8 Å². The highest BCUT2D eigenvalue weighted by Crippen LogP contribution is 2.33. The fourth-order valence-electron chi connectivity index (χ4n) is 2.63. The quantitative estimate of drug-likeness (QED) is 0.178. The van der Waals surface area contributed by atoms with Gasteiger partial charge in [-0.15, -0.1) is 0 Å². The highest BCUT2D eigenvalue weighted by molar-refractivity contribution is 7.98. The molecule has 30 heavy (non-hydrogen) atoms. The van der Waals surface area contributed by atoms with Gasteiger partial charge in [-0.1, -0.05) is 60.4 Å². The summed E-state index contributed by atoms with van der Waals surface area (Å²) < 4.78 is 6.12. The van der Waals surface area contributed by atoms with Crippen molar-refractivity contribution in [2.45, 2.75) is 30.3 Å². The van der Waals surface area contributed by atoms with Crippen LogP contribution in [0.1, 0.15) is 18.9 Å². The first-order chi connectivity index (χ1) is 14.7. The van der Waals surface area contributed by atoms with E-state index in [4.69, 9.17) is 14.8 Å². The number of hydrogen-bond acceptors (Lipinski definition) is 10. The van der Waals surface area contributed by atoms with Gasteiger partial charge in [0.2, 0.25) is 0 Å². The average Bonchev–Trinajstić information content (AvgIpc) is 3.19. The zero-order valence-electron chi connectivity index (χ0n) is 16.9. The number of thiazole rings is 1. The normalized spacial score (nSPS) is 12.2. The molecule has 1 aromatic carbocycles. The van der Waals surface area contributed by atoms with Crippen LogP contribution in [-0.2, 0) is 10.5 Å². The van der Waals surface area contributed by atoms with Crippen LogP contribution in [0.15, 0.2) is 35.5 Å². The molecule has 0 radical (unpaired) electrons. The minimum atomic E-state index is -0.0829. The lowest BCUT2D eigenvalue weighted by molar-refractivity contribution is 0.0992. The third-order valence-electron chi connectivity index (χ3n) is 4.26. The van der Waals surface area contributed by atoms with Gasteiger partial charge in [-0.3, -0.25) is 0 Å². The van der Waals surface area contributed by atoms with Crippen LogP contribution in [0, 0.1) is 0 Å². The number of hydrogen-bond donors (Lipinski definition) is 4. The van der Waals surface area contributed by atoms with E-state index in [-0.39, 0.29) is 19.3 Å². The Labute approximate surface area is 184 Å². The lowest BCUT2D eigenvalue weighted by Gasteiger charge is -2.15. The molecular weight excluding hydrogens is 422 g/mol. The Kier molecular flexibility index (Phi) is 9.09. The molecule has 10 heteroatoms. The Bertz CT molecular complexity index is 906. The van der Waals surface area contributed by atoms with E-state index in [0.29, 0.717) is 36.4 Å². The summed E-state index contributed by atoms with van der Waals surface area (Å²) in [5, 5.41) is 26.3. The van der Waals surface area contributed by atoms with Crippen LogP contribution in [0.25, 0.3) is 10.3 Å². The highest BCUT2D eigenvalue weighted by Gasteiger charge is 2.16. The van der Waals surface area contributed by atoms with Crippen molar-refractivity contribution in [1.29, 1.82) is 0 Å². The number of ether oxygens (including phenoxy) is 1. The van der Waals surface area contributed by atoms with Crippen LogP contribution < -0.4 is 10.6 Å². The number of nitrogens with zero attached hydrogens (tertiary/aromatic N) is 3. The summed E-state index contributed by atoms with van der Waals surface area (Å²) in [6.07, 6.45) is 0.778. The zero-order valence-corrected chi connectivity index (χ0v) is 18.5. The number of fused-ring (bicyclic) bond motifs is 1. The topological polar surface area (TPSA) is 112 Å². The van der Waals surface area contributed by atoms with E-state index in [0.717, 1.165) is 22.0 Å². The molecule has 8 nitrogen and oxygen atoms in total. The van der Waals surface area contributed by atoms with Gasteiger partial charge in [-0.05, 0) is 12.0 Å². The lowest BCUT2D eigenvalue weighted by Crippen LogP contribution is -2.23. The summed E-state index contributed by atoms with van der Waals surface area (Å²) in [4.78, 5) is 13.9. The number of nitrogens with one attached hydrogen (secondary N) is 2. The van der Waals surface area contributed by atoms with Gasteiger partial charge >= 0.3 is 0 Å². The lowest BCUT2D eigenvalue weighted by atomic mass is 10.2. The van der Waals surface area contributed by atoms with Crippen molar-refractivity contribution in [3.05, 3.63) is 35.9 Å². The molecule has 1 unspecified atom stereocenters. The van der Waals surface area contributed by atoms with Crippen LogP contribution in [0.5, 0.6) is 0 Å². The Morgan fingerprint density at radius 1 is 1.13 bits per heavy atom. The second-order valence-electron chi connectivity index (χ2n) is 6.50. The fraction of sp³-hybridized carbons (Fsp3) is 0.450. The molecule has 0 fully saturated rings. The SMILES string of the molecule is CCC(CO)Nc1nc(SCc2ccccc2)nc2nc(NCCOCCO)sc12. The Morgan fingerprint density at radius 2 is 1.97 bits per heavy atom. The second-order valence-corrected chi connectivity index (χ2v) is 8.44. The summed E-state index contributed by atoms with van der Waals surface area (Å²) in [7, 11) is 0. The van der Waals surface area contributed by atoms with Gasteiger partial charge in [0.25, 0.3) is 0 Å². The summed E-state index contributed by atoms with van der Waals surface area (Å²) in [6.45, 7) is 3.44. The monoisotopic (exact) mass is 449 g/mol. The third-order valence-corrected chi connectivity index (χ3v) is 6.18. The summed E-state index contributed by atoms with van der Waals surface area (Å²) in [6, 6.07) is 10.1. The first-order valence-corrected chi connectivity index (χ1v) is 11.7. The van der Waals surface area contributed by atoms with Crippen molar-refractivity contribution in [2.24, 2.45) is 0 Å². The van der Waals surface area contributed by atoms with Crippen LogP contribution >= 0.6 is 23.1 Å². The average molecular weight is 450 g/mol. The number of anilines is 2. The number of aromatic nitrogens is 3. The van der Waals surface area contributed by atoms with Crippen molar-refractivity contribution in [3.63, 3.8) is 0 Å². The predicted molar refractivity (Wildman–Crippen MR) is 122 cm³/mol. The number of aliphatic hydroxyl groups excluding tert-OH is 2. The maximum atomic E-state index is 9.61. The van der Waals surface area contributed by atoms with Gasteiger partial charge < -0.3 is 25.6 Å². The highest BCUT2D eigenvalue weighted by atomic mass is 32.2. The molecule has 2 heterocycles. The zero-order chi connectivity index (χ0) is 21.2. The van der Waals surface area contributed by atoms with E-state index in [2.05, 4.69) is 32.7 Å². The largest absolute Gasteiger partial charge is 0.394 e. The van der Waals surface area contributed by atoms with Gasteiger partial charge in [-0.25, -0.2) is 9.97 Å². The maximum Gasteiger partial charge on any atom is 0.191 e. The molecule has 0 saturated carbocycles. The molecule has 0 amide bonds. The molecule has 3 rings (SSSR count).